The molecule has 7 heteroatoms. The van der Waals surface area contributed by atoms with Gasteiger partial charge in [-0.05, 0) is 0 Å². The largest absolute Gasteiger partial charge is 0.130 e. The summed E-state index contributed by atoms with van der Waals surface area (Å²) >= 11 is 0. The molecular weight excluding hydrogens is 665 g/mol. The van der Waals surface area contributed by atoms with Gasteiger partial charge in [-0.25, -0.2) is 0 Å². The zero-order valence-electron chi connectivity index (χ0n) is 33.2. The van der Waals surface area contributed by atoms with Crippen LogP contribution in [0.2, 0.25) is 137 Å². The SMILES string of the molecule is C[Si](C)(C)C#Cc1c(C#C[Si](C)(C)C)c(C#C[Si](C)(C)C)c(C#C[Si](C)(C)C[Si](C)(C)C)c(C#C[Si](C)(C)C)c1C#C[Si](C)(C)C. The molecule has 0 aliphatic heterocycles. The van der Waals surface area contributed by atoms with Gasteiger partial charge in [-0.3, -0.25) is 0 Å². The molecule has 0 N–H and O–H groups in total. The highest BCUT2D eigenvalue weighted by molar-refractivity contribution is 6.98. The van der Waals surface area contributed by atoms with Crippen LogP contribution in [0.4, 0.5) is 0 Å². The maximum atomic E-state index is 3.88. The van der Waals surface area contributed by atoms with Crippen LogP contribution in [0.15, 0.2) is 0 Å². The highest BCUT2D eigenvalue weighted by atomic mass is 28.4. The summed E-state index contributed by atoms with van der Waals surface area (Å²) in [5, 5.41) is 0. The van der Waals surface area contributed by atoms with Gasteiger partial charge in [0, 0.05) is 8.07 Å². The van der Waals surface area contributed by atoms with Gasteiger partial charge in [0.25, 0.3) is 0 Å². The van der Waals surface area contributed by atoms with Gasteiger partial charge < -0.3 is 0 Å². The van der Waals surface area contributed by atoms with Crippen molar-refractivity contribution in [2.45, 2.75) is 137 Å². The second kappa shape index (κ2) is 15.1. The molecule has 46 heavy (non-hydrogen) atoms. The van der Waals surface area contributed by atoms with Crippen molar-refractivity contribution >= 4 is 56.5 Å². The monoisotopic (exact) mass is 726 g/mol. The van der Waals surface area contributed by atoms with Gasteiger partial charge in [-0.1, -0.05) is 172 Å². The molecule has 0 aliphatic carbocycles. The Bertz CT molecular complexity index is 1610. The summed E-state index contributed by atoms with van der Waals surface area (Å²) in [6, 6.07) is 0. The van der Waals surface area contributed by atoms with Crippen LogP contribution < -0.4 is 0 Å². The van der Waals surface area contributed by atoms with E-state index in [1.54, 1.807) is 0 Å². The van der Waals surface area contributed by atoms with Crippen LogP contribution in [0, 0.1) is 68.8 Å². The lowest BCUT2D eigenvalue weighted by molar-refractivity contribution is 1.44. The predicted molar refractivity (Wildman–Crippen MR) is 230 cm³/mol. The molecule has 0 radical (unpaired) electrons. The molecule has 0 bridgehead atoms. The zero-order valence-corrected chi connectivity index (χ0v) is 40.2. The third-order valence-corrected chi connectivity index (χ3v) is 18.8. The van der Waals surface area contributed by atoms with Gasteiger partial charge in [0.2, 0.25) is 0 Å². The van der Waals surface area contributed by atoms with E-state index < -0.39 is 56.5 Å². The van der Waals surface area contributed by atoms with E-state index in [4.69, 9.17) is 0 Å². The van der Waals surface area contributed by atoms with E-state index in [-0.39, 0.29) is 0 Å². The van der Waals surface area contributed by atoms with Crippen molar-refractivity contribution in [2.24, 2.45) is 0 Å². The van der Waals surface area contributed by atoms with Crippen molar-refractivity contribution in [3.8, 4) is 68.8 Å². The molecule has 0 nitrogen and oxygen atoms in total. The molecule has 0 aromatic heterocycles. The minimum Gasteiger partial charge on any atom is -0.127 e. The minimum atomic E-state index is -1.83. The molecule has 0 atom stereocenters. The first-order valence-corrected chi connectivity index (χ1v) is 41.1. The first-order chi connectivity index (χ1) is 20.3. The summed E-state index contributed by atoms with van der Waals surface area (Å²) in [6.45, 7) is 46.7. The minimum absolute atomic E-state index is 0.919. The van der Waals surface area contributed by atoms with Crippen molar-refractivity contribution in [3.63, 3.8) is 0 Å². The standard InChI is InChI=1S/C39H62Si7/c1-40(2,3)27-21-34-35(22-28-41(4,5)6)37(24-30-43(10,11)12)39(26-32-46(19,20)33-45(16,17)18)38(25-31-44(13,14)15)36(34)23-29-42(7,8)9/h33H2,1-20H3. The molecule has 0 aliphatic rings. The fourth-order valence-corrected chi connectivity index (χ4v) is 18.3. The molecule has 246 valence electrons. The second-order valence-corrected chi connectivity index (χ2v) is 53.9. The van der Waals surface area contributed by atoms with Crippen LogP contribution in [-0.2, 0) is 0 Å². The van der Waals surface area contributed by atoms with Crippen molar-refractivity contribution in [3.05, 3.63) is 33.4 Å². The normalized spacial score (nSPS) is 12.3. The van der Waals surface area contributed by atoms with Gasteiger partial charge in [-0.15, -0.1) is 33.3 Å². The molecule has 0 heterocycles. The van der Waals surface area contributed by atoms with E-state index in [1.807, 2.05) is 0 Å². The van der Waals surface area contributed by atoms with E-state index >= 15 is 0 Å². The zero-order chi connectivity index (χ0) is 36.2. The highest BCUT2D eigenvalue weighted by Gasteiger charge is 2.28. The Morgan fingerprint density at radius 1 is 0.283 bits per heavy atom. The van der Waals surface area contributed by atoms with E-state index in [2.05, 4.69) is 200 Å². The van der Waals surface area contributed by atoms with E-state index in [9.17, 15) is 0 Å². The molecule has 0 saturated carbocycles. The van der Waals surface area contributed by atoms with Crippen molar-refractivity contribution in [2.75, 3.05) is 0 Å². The smallest absolute Gasteiger partial charge is 0.127 e. The van der Waals surface area contributed by atoms with E-state index in [0.29, 0.717) is 0 Å². The lowest BCUT2D eigenvalue weighted by Crippen LogP contribution is -2.36. The van der Waals surface area contributed by atoms with Gasteiger partial charge in [0.15, 0.2) is 0 Å². The molecule has 1 aromatic carbocycles. The summed E-state index contributed by atoms with van der Waals surface area (Å²) in [5.41, 5.74) is 29.2. The average molecular weight is 728 g/mol. The average Bonchev–Trinajstić information content (AvgIpc) is 2.77. The molecule has 0 spiro atoms. The van der Waals surface area contributed by atoms with Crippen LogP contribution in [0.25, 0.3) is 0 Å². The Morgan fingerprint density at radius 2 is 0.457 bits per heavy atom. The molecular formula is C39H62Si7. The third-order valence-electron chi connectivity index (χ3n) is 5.81. The fourth-order valence-electron chi connectivity index (χ4n) is 4.35. The Hall–Kier alpha value is -1.90. The number of benzene rings is 1. The van der Waals surface area contributed by atoms with Gasteiger partial charge in [0.05, 0.1) is 33.4 Å². The lowest BCUT2D eigenvalue weighted by atomic mass is 9.87. The third kappa shape index (κ3) is 17.3. The summed E-state index contributed by atoms with van der Waals surface area (Å²) in [7, 11) is -11.8. The summed E-state index contributed by atoms with van der Waals surface area (Å²) < 4.78 is 0. The topological polar surface area (TPSA) is 0 Å². The van der Waals surface area contributed by atoms with E-state index in [0.717, 1.165) is 33.4 Å². The highest BCUT2D eigenvalue weighted by Crippen LogP contribution is 2.29. The predicted octanol–water partition coefficient (Wildman–Crippen LogP) is 10.3. The van der Waals surface area contributed by atoms with E-state index in [1.165, 1.54) is 5.67 Å². The number of rotatable bonds is 2. The van der Waals surface area contributed by atoms with Crippen LogP contribution >= 0.6 is 0 Å². The first-order valence-electron chi connectivity index (χ1n) is 16.7. The molecule has 0 saturated heterocycles. The van der Waals surface area contributed by atoms with Crippen LogP contribution in [-0.4, -0.2) is 56.5 Å². The Kier molecular flexibility index (Phi) is 13.8. The fraction of sp³-hybridized carbons (Fsp3) is 0.538. The lowest BCUT2D eigenvalue weighted by Gasteiger charge is -2.24. The number of hydrogen-bond donors (Lipinski definition) is 0. The Balaban J connectivity index is 4.99. The first kappa shape index (κ1) is 42.1. The van der Waals surface area contributed by atoms with Crippen LogP contribution in [0.3, 0.4) is 0 Å². The summed E-state index contributed by atoms with van der Waals surface area (Å²) in [4.78, 5) is 0. The molecule has 0 amide bonds. The molecule has 0 unspecified atom stereocenters. The van der Waals surface area contributed by atoms with Crippen LogP contribution in [0.1, 0.15) is 33.4 Å². The summed E-state index contributed by atoms with van der Waals surface area (Å²) in [5.74, 6) is 22.3. The maximum absolute atomic E-state index is 3.88. The Labute approximate surface area is 293 Å². The van der Waals surface area contributed by atoms with Crippen molar-refractivity contribution < 1.29 is 0 Å². The quantitative estimate of drug-likeness (QED) is 0.210. The van der Waals surface area contributed by atoms with Crippen molar-refractivity contribution in [1.29, 1.82) is 0 Å². The molecule has 1 aromatic rings. The second-order valence-electron chi connectivity index (χ2n) is 19.6. The van der Waals surface area contributed by atoms with Crippen LogP contribution in [0.5, 0.6) is 0 Å². The van der Waals surface area contributed by atoms with Gasteiger partial charge in [-0.2, -0.15) is 0 Å². The van der Waals surface area contributed by atoms with Crippen molar-refractivity contribution in [1.82, 2.24) is 0 Å². The summed E-state index contributed by atoms with van der Waals surface area (Å²) in [6.07, 6.45) is 0. The molecule has 1 rings (SSSR count). The van der Waals surface area contributed by atoms with Gasteiger partial charge in [0.1, 0.15) is 48.4 Å². The Morgan fingerprint density at radius 3 is 0.609 bits per heavy atom. The number of hydrogen-bond acceptors (Lipinski definition) is 0. The molecule has 0 fully saturated rings. The van der Waals surface area contributed by atoms with Gasteiger partial charge >= 0.3 is 0 Å². The maximum Gasteiger partial charge on any atom is 0.130 e.